The van der Waals surface area contributed by atoms with E-state index in [1.165, 1.54) is 6.08 Å². The van der Waals surface area contributed by atoms with Gasteiger partial charge in [-0.15, -0.1) is 0 Å². The molecule has 1 N–H and O–H groups in total. The predicted molar refractivity (Wildman–Crippen MR) is 56.5 cm³/mol. The van der Waals surface area contributed by atoms with Crippen LogP contribution in [0.15, 0.2) is 23.1 Å². The van der Waals surface area contributed by atoms with Crippen molar-refractivity contribution in [2.45, 2.75) is 11.4 Å². The zero-order valence-electron chi connectivity index (χ0n) is 8.34. The van der Waals surface area contributed by atoms with Crippen molar-refractivity contribution in [2.75, 3.05) is 12.5 Å². The van der Waals surface area contributed by atoms with Crippen LogP contribution >= 0.6 is 0 Å². The fourth-order valence-corrected chi connectivity index (χ4v) is 2.55. The third-order valence-corrected chi connectivity index (χ3v) is 4.92. The van der Waals surface area contributed by atoms with E-state index in [-0.39, 0.29) is 11.3 Å². The Morgan fingerprint density at radius 1 is 1.27 bits per heavy atom. The number of rotatable bonds is 2. The van der Waals surface area contributed by atoms with Gasteiger partial charge < -0.3 is 5.11 Å². The van der Waals surface area contributed by atoms with Gasteiger partial charge in [-0.05, 0) is 12.2 Å². The minimum atomic E-state index is -3.66. The first-order valence-electron chi connectivity index (χ1n) is 4.08. The van der Waals surface area contributed by atoms with E-state index in [1.54, 1.807) is 0 Å². The maximum atomic E-state index is 11.2. The van der Waals surface area contributed by atoms with Gasteiger partial charge in [-0.3, -0.25) is 0 Å². The monoisotopic (exact) mass is 252 g/mol. The maximum Gasteiger partial charge on any atom is 0.188 e. The Labute approximate surface area is 89.0 Å². The van der Waals surface area contributed by atoms with Crippen molar-refractivity contribution in [1.82, 2.24) is 0 Å². The van der Waals surface area contributed by atoms with Gasteiger partial charge in [-0.2, -0.15) is 0 Å². The highest BCUT2D eigenvalue weighted by atomic mass is 32.2. The summed E-state index contributed by atoms with van der Waals surface area (Å²) in [7, 11) is -7.02. The normalized spacial score (nSPS) is 27.5. The topological polar surface area (TPSA) is 88.5 Å². The highest BCUT2D eigenvalue weighted by Crippen LogP contribution is 2.27. The van der Waals surface area contributed by atoms with Crippen LogP contribution in [0.5, 0.6) is 0 Å². The van der Waals surface area contributed by atoms with Gasteiger partial charge in [0.15, 0.2) is 24.6 Å². The molecule has 0 aromatic heterocycles. The van der Waals surface area contributed by atoms with E-state index < -0.39 is 24.6 Å². The summed E-state index contributed by atoms with van der Waals surface area (Å²) in [6, 6.07) is 0. The van der Waals surface area contributed by atoms with Crippen molar-refractivity contribution >= 4 is 19.7 Å². The first-order chi connectivity index (χ1) is 6.56. The molecule has 1 unspecified atom stereocenters. The van der Waals surface area contributed by atoms with Crippen molar-refractivity contribution in [3.8, 4) is 0 Å². The van der Waals surface area contributed by atoms with Gasteiger partial charge in [0.05, 0.1) is 4.91 Å². The average Bonchev–Trinajstić information content (AvgIpc) is 2.01. The van der Waals surface area contributed by atoms with Crippen molar-refractivity contribution in [3.63, 3.8) is 0 Å². The largest absolute Gasteiger partial charge is 0.371 e. The fraction of sp³-hybridized carbons (Fsp3) is 0.500. The van der Waals surface area contributed by atoms with Crippen LogP contribution in [0.2, 0.25) is 0 Å². The van der Waals surface area contributed by atoms with Crippen molar-refractivity contribution in [2.24, 2.45) is 0 Å². The lowest BCUT2D eigenvalue weighted by molar-refractivity contribution is 0.176. The maximum absolute atomic E-state index is 11.2. The van der Waals surface area contributed by atoms with E-state index in [2.05, 4.69) is 0 Å². The summed E-state index contributed by atoms with van der Waals surface area (Å²) in [5, 5.41) is 9.68. The highest BCUT2D eigenvalue weighted by Gasteiger charge is 2.37. The van der Waals surface area contributed by atoms with Gasteiger partial charge in [-0.25, -0.2) is 16.8 Å². The number of hydrogen-bond acceptors (Lipinski definition) is 5. The van der Waals surface area contributed by atoms with Gasteiger partial charge in [-0.1, -0.05) is 6.08 Å². The third-order valence-electron chi connectivity index (χ3n) is 2.17. The zero-order chi connectivity index (χ0) is 11.9. The molecule has 0 amide bonds. The standard InChI is InChI=1S/C8H12O5S2/c1-14(10,11)7-3-5-8(9,6-4-7)15(2,12)13/h3-5,9H,6H2,1-2H3. The Kier molecular flexibility index (Phi) is 2.84. The molecule has 0 aliphatic heterocycles. The Balaban J connectivity index is 3.10. The minimum absolute atomic E-state index is 0.0239. The summed E-state index contributed by atoms with van der Waals surface area (Å²) in [6.45, 7) is 0. The first kappa shape index (κ1) is 12.4. The number of aliphatic hydroxyl groups is 1. The quantitative estimate of drug-likeness (QED) is 0.723. The molecule has 0 bridgehead atoms. The number of hydrogen-bond donors (Lipinski definition) is 1. The van der Waals surface area contributed by atoms with Crippen LogP contribution in [0.1, 0.15) is 6.42 Å². The van der Waals surface area contributed by atoms with E-state index in [0.29, 0.717) is 0 Å². The van der Waals surface area contributed by atoms with Gasteiger partial charge in [0, 0.05) is 18.9 Å². The van der Waals surface area contributed by atoms with Crippen molar-refractivity contribution in [3.05, 3.63) is 23.1 Å². The Bertz CT molecular complexity index is 523. The van der Waals surface area contributed by atoms with Crippen molar-refractivity contribution < 1.29 is 21.9 Å². The molecular formula is C8H12O5S2. The molecule has 1 aliphatic rings. The number of allylic oxidation sites excluding steroid dienone is 1. The van der Waals surface area contributed by atoms with E-state index in [4.69, 9.17) is 0 Å². The predicted octanol–water partition coefficient (Wildman–Crippen LogP) is -0.392. The lowest BCUT2D eigenvalue weighted by Gasteiger charge is -2.23. The second kappa shape index (κ2) is 3.43. The lowest BCUT2D eigenvalue weighted by atomic mass is 10.1. The molecule has 5 nitrogen and oxygen atoms in total. The molecule has 15 heavy (non-hydrogen) atoms. The smallest absolute Gasteiger partial charge is 0.188 e. The third kappa shape index (κ3) is 2.47. The SMILES string of the molecule is CS(=O)(=O)C1=CCC(O)(S(C)(=O)=O)C=C1. The molecule has 1 aliphatic carbocycles. The Hall–Kier alpha value is -0.660. The molecule has 0 spiro atoms. The van der Waals surface area contributed by atoms with Crippen LogP contribution in [0.4, 0.5) is 0 Å². The molecule has 0 saturated heterocycles. The van der Waals surface area contributed by atoms with Crippen LogP contribution in [0.25, 0.3) is 0 Å². The lowest BCUT2D eigenvalue weighted by Crippen LogP contribution is -2.36. The van der Waals surface area contributed by atoms with Crippen LogP contribution < -0.4 is 0 Å². The summed E-state index contributed by atoms with van der Waals surface area (Å²) in [4.78, 5) is -1.96. The molecule has 86 valence electrons. The van der Waals surface area contributed by atoms with Crippen molar-refractivity contribution in [1.29, 1.82) is 0 Å². The molecule has 0 aromatic rings. The molecular weight excluding hydrogens is 240 g/mol. The fourth-order valence-electron chi connectivity index (χ4n) is 1.15. The van der Waals surface area contributed by atoms with Crippen LogP contribution in [0.3, 0.4) is 0 Å². The van der Waals surface area contributed by atoms with Crippen LogP contribution in [0, 0.1) is 0 Å². The van der Waals surface area contributed by atoms with Crippen LogP contribution in [-0.4, -0.2) is 39.4 Å². The second-order valence-electron chi connectivity index (χ2n) is 3.53. The molecule has 0 fully saturated rings. The Morgan fingerprint density at radius 3 is 2.07 bits per heavy atom. The van der Waals surface area contributed by atoms with E-state index in [9.17, 15) is 21.9 Å². The molecule has 0 aromatic carbocycles. The van der Waals surface area contributed by atoms with Gasteiger partial charge in [0.2, 0.25) is 0 Å². The summed E-state index contributed by atoms with van der Waals surface area (Å²) >= 11 is 0. The first-order valence-corrected chi connectivity index (χ1v) is 7.86. The van der Waals surface area contributed by atoms with Gasteiger partial charge in [0.25, 0.3) is 0 Å². The highest BCUT2D eigenvalue weighted by molar-refractivity contribution is 7.94. The van der Waals surface area contributed by atoms with E-state index >= 15 is 0 Å². The summed E-state index contributed by atoms with van der Waals surface area (Å²) in [5.74, 6) is 0. The molecule has 0 heterocycles. The molecule has 1 rings (SSSR count). The summed E-state index contributed by atoms with van der Waals surface area (Å²) in [6.07, 6.45) is 4.99. The molecule has 0 saturated carbocycles. The molecule has 7 heteroatoms. The van der Waals surface area contributed by atoms with Gasteiger partial charge >= 0.3 is 0 Å². The second-order valence-corrected chi connectivity index (χ2v) is 7.80. The summed E-state index contributed by atoms with van der Waals surface area (Å²) < 4.78 is 44.6. The van der Waals surface area contributed by atoms with Gasteiger partial charge in [0.1, 0.15) is 0 Å². The number of sulfone groups is 2. The molecule has 0 radical (unpaired) electrons. The van der Waals surface area contributed by atoms with Crippen LogP contribution in [-0.2, 0) is 19.7 Å². The average molecular weight is 252 g/mol. The minimum Gasteiger partial charge on any atom is -0.371 e. The van der Waals surface area contributed by atoms with E-state index in [0.717, 1.165) is 24.7 Å². The zero-order valence-corrected chi connectivity index (χ0v) is 9.97. The molecule has 1 atom stereocenters. The Morgan fingerprint density at radius 2 is 1.80 bits per heavy atom. The summed E-state index contributed by atoms with van der Waals surface area (Å²) in [5.41, 5.74) is 0. The van der Waals surface area contributed by atoms with E-state index in [1.807, 2.05) is 0 Å².